The lowest BCUT2D eigenvalue weighted by molar-refractivity contribution is 0.0707. The van der Waals surface area contributed by atoms with Crippen molar-refractivity contribution in [3.8, 4) is 0 Å². The normalized spacial score (nSPS) is 16.2. The van der Waals surface area contributed by atoms with Crippen molar-refractivity contribution in [3.05, 3.63) is 35.4 Å². The van der Waals surface area contributed by atoms with Gasteiger partial charge < -0.3 is 10.2 Å². The predicted octanol–water partition coefficient (Wildman–Crippen LogP) is 2.24. The number of amides is 1. The maximum atomic E-state index is 12.3. The van der Waals surface area contributed by atoms with Gasteiger partial charge in [-0.1, -0.05) is 17.7 Å². The first kappa shape index (κ1) is 15.0. The minimum Gasteiger partial charge on any atom is -0.339 e. The van der Waals surface area contributed by atoms with Crippen molar-refractivity contribution >= 4 is 18.3 Å². The van der Waals surface area contributed by atoms with Gasteiger partial charge in [0.25, 0.3) is 5.91 Å². The molecular formula is C14H21ClN2O. The molecule has 18 heavy (non-hydrogen) atoms. The number of benzene rings is 1. The van der Waals surface area contributed by atoms with Crippen molar-refractivity contribution in [1.29, 1.82) is 0 Å². The number of carbonyl (C=O) groups is 1. The summed E-state index contributed by atoms with van der Waals surface area (Å²) in [6, 6.07) is 8.40. The Balaban J connectivity index is 0.00000162. The van der Waals surface area contributed by atoms with Gasteiger partial charge in [-0.15, -0.1) is 12.4 Å². The molecule has 0 aromatic heterocycles. The summed E-state index contributed by atoms with van der Waals surface area (Å²) in [5.74, 6) is 0.170. The number of nitrogens with one attached hydrogen (secondary N) is 1. The quantitative estimate of drug-likeness (QED) is 0.892. The van der Waals surface area contributed by atoms with E-state index in [2.05, 4.69) is 5.32 Å². The van der Waals surface area contributed by atoms with Crippen molar-refractivity contribution in [3.63, 3.8) is 0 Å². The first-order valence-electron chi connectivity index (χ1n) is 6.24. The molecule has 0 aliphatic carbocycles. The Labute approximate surface area is 115 Å². The van der Waals surface area contributed by atoms with E-state index in [0.717, 1.165) is 37.1 Å². The molecule has 1 aromatic rings. The van der Waals surface area contributed by atoms with Crippen molar-refractivity contribution in [2.45, 2.75) is 25.8 Å². The molecule has 1 saturated heterocycles. The molecule has 0 spiro atoms. The van der Waals surface area contributed by atoms with Crippen LogP contribution in [0.2, 0.25) is 0 Å². The number of likely N-dealkylation sites (tertiary alicyclic amines) is 1. The number of piperidine rings is 1. The largest absolute Gasteiger partial charge is 0.339 e. The van der Waals surface area contributed by atoms with Crippen molar-refractivity contribution < 1.29 is 4.79 Å². The van der Waals surface area contributed by atoms with Crippen LogP contribution in [0.25, 0.3) is 0 Å². The van der Waals surface area contributed by atoms with Gasteiger partial charge in [-0.3, -0.25) is 4.79 Å². The Morgan fingerprint density at radius 2 is 2.00 bits per heavy atom. The van der Waals surface area contributed by atoms with Crippen LogP contribution in [-0.2, 0) is 0 Å². The first-order chi connectivity index (χ1) is 8.20. The summed E-state index contributed by atoms with van der Waals surface area (Å²) in [5.41, 5.74) is 1.95. The smallest absolute Gasteiger partial charge is 0.253 e. The zero-order chi connectivity index (χ0) is 12.3. The number of hydrogen-bond acceptors (Lipinski definition) is 2. The molecule has 0 bridgehead atoms. The Morgan fingerprint density at radius 3 is 2.56 bits per heavy atom. The molecule has 100 valence electrons. The number of aryl methyl sites for hydroxylation is 1. The lowest BCUT2D eigenvalue weighted by Crippen LogP contribution is -2.43. The van der Waals surface area contributed by atoms with Crippen molar-refractivity contribution in [1.82, 2.24) is 10.2 Å². The Kier molecular flexibility index (Phi) is 5.63. The van der Waals surface area contributed by atoms with Crippen molar-refractivity contribution in [2.24, 2.45) is 0 Å². The lowest BCUT2D eigenvalue weighted by atomic mass is 10.0. The summed E-state index contributed by atoms with van der Waals surface area (Å²) in [6.45, 7) is 3.74. The summed E-state index contributed by atoms with van der Waals surface area (Å²) in [6.07, 6.45) is 2.10. The maximum Gasteiger partial charge on any atom is 0.253 e. The molecule has 1 heterocycles. The Bertz CT molecular complexity index is 401. The second-order valence-electron chi connectivity index (χ2n) is 4.72. The van der Waals surface area contributed by atoms with E-state index in [1.165, 1.54) is 0 Å². The molecule has 1 N–H and O–H groups in total. The third-order valence-corrected chi connectivity index (χ3v) is 3.46. The van der Waals surface area contributed by atoms with Gasteiger partial charge in [0.1, 0.15) is 0 Å². The van der Waals surface area contributed by atoms with Crippen LogP contribution >= 0.6 is 12.4 Å². The average Bonchev–Trinajstić information content (AvgIpc) is 2.38. The van der Waals surface area contributed by atoms with Gasteiger partial charge >= 0.3 is 0 Å². The second-order valence-corrected chi connectivity index (χ2v) is 4.72. The van der Waals surface area contributed by atoms with Crippen LogP contribution in [-0.4, -0.2) is 37.0 Å². The van der Waals surface area contributed by atoms with Gasteiger partial charge in [-0.05, 0) is 38.9 Å². The molecule has 1 fully saturated rings. The molecule has 4 heteroatoms. The maximum absolute atomic E-state index is 12.3. The Morgan fingerprint density at radius 1 is 1.33 bits per heavy atom. The zero-order valence-electron chi connectivity index (χ0n) is 11.0. The van der Waals surface area contributed by atoms with E-state index in [1.54, 1.807) is 0 Å². The van der Waals surface area contributed by atoms with E-state index in [9.17, 15) is 4.79 Å². The molecule has 0 radical (unpaired) electrons. The summed E-state index contributed by atoms with van der Waals surface area (Å²) in [4.78, 5) is 14.2. The molecule has 0 saturated carbocycles. The fraction of sp³-hybridized carbons (Fsp3) is 0.500. The van der Waals surface area contributed by atoms with Gasteiger partial charge in [0, 0.05) is 24.7 Å². The minimum absolute atomic E-state index is 0. The fourth-order valence-corrected chi connectivity index (χ4v) is 2.33. The first-order valence-corrected chi connectivity index (χ1v) is 6.24. The third kappa shape index (κ3) is 3.47. The van der Waals surface area contributed by atoms with E-state index >= 15 is 0 Å². The number of rotatable bonds is 2. The topological polar surface area (TPSA) is 32.3 Å². The highest BCUT2D eigenvalue weighted by Crippen LogP contribution is 2.14. The van der Waals surface area contributed by atoms with Crippen LogP contribution in [0.15, 0.2) is 24.3 Å². The van der Waals surface area contributed by atoms with E-state index in [0.29, 0.717) is 6.04 Å². The van der Waals surface area contributed by atoms with Gasteiger partial charge in [-0.2, -0.15) is 0 Å². The highest BCUT2D eigenvalue weighted by atomic mass is 35.5. The molecule has 1 aromatic carbocycles. The highest BCUT2D eigenvalue weighted by molar-refractivity contribution is 5.94. The molecule has 1 aliphatic rings. The van der Waals surface area contributed by atoms with E-state index in [4.69, 9.17) is 0 Å². The monoisotopic (exact) mass is 268 g/mol. The molecular weight excluding hydrogens is 248 g/mol. The molecule has 1 aliphatic heterocycles. The summed E-state index contributed by atoms with van der Waals surface area (Å²) in [7, 11) is 1.99. The lowest BCUT2D eigenvalue weighted by Gasteiger charge is -2.31. The van der Waals surface area contributed by atoms with Crippen LogP contribution in [0.1, 0.15) is 28.8 Å². The van der Waals surface area contributed by atoms with Crippen LogP contribution in [0.4, 0.5) is 0 Å². The summed E-state index contributed by atoms with van der Waals surface area (Å²) < 4.78 is 0. The van der Waals surface area contributed by atoms with Gasteiger partial charge in [0.15, 0.2) is 0 Å². The van der Waals surface area contributed by atoms with Crippen LogP contribution in [0.5, 0.6) is 0 Å². The molecule has 0 unspecified atom stereocenters. The standard InChI is InChI=1S/C14H20N2O.ClH/c1-11-4-3-5-12(10-11)14(17)16-8-6-13(15-2)7-9-16;/h3-5,10,13,15H,6-9H2,1-2H3;1H. The van der Waals surface area contributed by atoms with E-state index in [-0.39, 0.29) is 18.3 Å². The molecule has 0 atom stereocenters. The van der Waals surface area contributed by atoms with E-state index < -0.39 is 0 Å². The number of nitrogens with zero attached hydrogens (tertiary/aromatic N) is 1. The molecule has 2 rings (SSSR count). The van der Waals surface area contributed by atoms with E-state index in [1.807, 2.05) is 43.1 Å². The Hall–Kier alpha value is -1.06. The minimum atomic E-state index is 0. The fourth-order valence-electron chi connectivity index (χ4n) is 2.33. The van der Waals surface area contributed by atoms with Crippen LogP contribution < -0.4 is 5.32 Å². The number of hydrogen-bond donors (Lipinski definition) is 1. The summed E-state index contributed by atoms with van der Waals surface area (Å²) in [5, 5.41) is 3.27. The average molecular weight is 269 g/mol. The van der Waals surface area contributed by atoms with Crippen LogP contribution in [0.3, 0.4) is 0 Å². The number of carbonyl (C=O) groups excluding carboxylic acids is 1. The molecule has 1 amide bonds. The van der Waals surface area contributed by atoms with Gasteiger partial charge in [0.2, 0.25) is 0 Å². The second kappa shape index (κ2) is 6.76. The van der Waals surface area contributed by atoms with Crippen molar-refractivity contribution in [2.75, 3.05) is 20.1 Å². The zero-order valence-corrected chi connectivity index (χ0v) is 11.8. The highest BCUT2D eigenvalue weighted by Gasteiger charge is 2.22. The molecule has 3 nitrogen and oxygen atoms in total. The third-order valence-electron chi connectivity index (χ3n) is 3.46. The predicted molar refractivity (Wildman–Crippen MR) is 76.4 cm³/mol. The number of halogens is 1. The van der Waals surface area contributed by atoms with Gasteiger partial charge in [0.05, 0.1) is 0 Å². The SMILES string of the molecule is CNC1CCN(C(=O)c2cccc(C)c2)CC1.Cl. The summed E-state index contributed by atoms with van der Waals surface area (Å²) >= 11 is 0. The van der Waals surface area contributed by atoms with Crippen LogP contribution in [0, 0.1) is 6.92 Å². The van der Waals surface area contributed by atoms with Gasteiger partial charge in [-0.25, -0.2) is 0 Å².